The quantitative estimate of drug-likeness (QED) is 0.703. The van der Waals surface area contributed by atoms with Crippen molar-refractivity contribution in [2.24, 2.45) is 0 Å². The van der Waals surface area contributed by atoms with Crippen molar-refractivity contribution < 1.29 is 22.7 Å². The maximum atomic E-state index is 12.5. The van der Waals surface area contributed by atoms with Crippen molar-refractivity contribution in [3.63, 3.8) is 0 Å². The van der Waals surface area contributed by atoms with Gasteiger partial charge in [-0.2, -0.15) is 0 Å². The zero-order valence-electron chi connectivity index (χ0n) is 15.9. The number of rotatable bonds is 6. The fourth-order valence-corrected chi connectivity index (χ4v) is 4.96. The third kappa shape index (κ3) is 4.89. The maximum absolute atomic E-state index is 12.5. The minimum Gasteiger partial charge on any atom is -0.497 e. The van der Waals surface area contributed by atoms with E-state index in [4.69, 9.17) is 16.3 Å². The lowest BCUT2D eigenvalue weighted by Gasteiger charge is -2.29. The van der Waals surface area contributed by atoms with Crippen molar-refractivity contribution >= 4 is 39.0 Å². The van der Waals surface area contributed by atoms with E-state index < -0.39 is 15.9 Å². The molecule has 3 rings (SSSR count). The van der Waals surface area contributed by atoms with Gasteiger partial charge < -0.3 is 10.1 Å². The third-order valence-corrected chi connectivity index (χ3v) is 6.82. The molecule has 9 heteroatoms. The smallest absolute Gasteiger partial charge is 0.251 e. The molecule has 1 N–H and O–H groups in total. The van der Waals surface area contributed by atoms with Crippen LogP contribution in [0.5, 0.6) is 5.75 Å². The van der Waals surface area contributed by atoms with Gasteiger partial charge in [-0.15, -0.1) is 0 Å². The molecule has 0 aliphatic carbocycles. The van der Waals surface area contributed by atoms with Crippen LogP contribution < -0.4 is 14.4 Å². The molecule has 0 saturated carbocycles. The summed E-state index contributed by atoms with van der Waals surface area (Å²) in [6, 6.07) is 11.0. The monoisotopic (exact) mass is 436 g/mol. The number of carbonyl (C=O) groups is 2. The Morgan fingerprint density at radius 3 is 2.45 bits per heavy atom. The van der Waals surface area contributed by atoms with Gasteiger partial charge in [0.2, 0.25) is 10.0 Å². The van der Waals surface area contributed by atoms with Crippen molar-refractivity contribution in [2.75, 3.05) is 30.3 Å². The standard InChI is InChI=1S/C20H21ClN2O5S/c1-28-16-7-4-14(5-8-16)19(24)13-22-20(25)15-6-9-17(21)18(12-15)23-10-2-3-11-29(23,26)27/h4-9,12H,2-3,10-11,13H2,1H3,(H,22,25). The summed E-state index contributed by atoms with van der Waals surface area (Å²) in [6.45, 7) is 0.133. The maximum Gasteiger partial charge on any atom is 0.251 e. The number of nitrogens with one attached hydrogen (secondary N) is 1. The molecular formula is C20H21ClN2O5S. The molecule has 1 aliphatic heterocycles. The largest absolute Gasteiger partial charge is 0.497 e. The van der Waals surface area contributed by atoms with Crippen molar-refractivity contribution in [2.45, 2.75) is 12.8 Å². The lowest BCUT2D eigenvalue weighted by Crippen LogP contribution is -2.38. The highest BCUT2D eigenvalue weighted by Crippen LogP contribution is 2.31. The number of benzene rings is 2. The van der Waals surface area contributed by atoms with Gasteiger partial charge in [-0.3, -0.25) is 13.9 Å². The molecule has 0 radical (unpaired) electrons. The molecule has 2 aromatic rings. The Balaban J connectivity index is 1.71. The number of Topliss-reactive ketones (excluding diaryl/α,β-unsaturated/α-hetero) is 1. The zero-order valence-corrected chi connectivity index (χ0v) is 17.4. The minimum atomic E-state index is -3.46. The lowest BCUT2D eigenvalue weighted by molar-refractivity contribution is 0.0904. The van der Waals surface area contributed by atoms with Crippen LogP contribution in [0, 0.1) is 0 Å². The molecule has 0 bridgehead atoms. The summed E-state index contributed by atoms with van der Waals surface area (Å²) < 4.78 is 31.0. The second kappa shape index (κ2) is 8.84. The van der Waals surface area contributed by atoms with E-state index in [9.17, 15) is 18.0 Å². The summed E-state index contributed by atoms with van der Waals surface area (Å²) in [5.41, 5.74) is 0.954. The normalized spacial score (nSPS) is 15.6. The van der Waals surface area contributed by atoms with E-state index in [2.05, 4.69) is 5.32 Å². The van der Waals surface area contributed by atoms with Crippen LogP contribution in [0.1, 0.15) is 33.6 Å². The number of ether oxygens (including phenoxy) is 1. The summed E-state index contributed by atoms with van der Waals surface area (Å²) in [5, 5.41) is 2.82. The number of sulfonamides is 1. The second-order valence-corrected chi connectivity index (χ2v) is 9.02. The van der Waals surface area contributed by atoms with E-state index >= 15 is 0 Å². The Labute approximate surface area is 174 Å². The van der Waals surface area contributed by atoms with Gasteiger partial charge in [-0.1, -0.05) is 11.6 Å². The number of ketones is 1. The Hall–Kier alpha value is -2.58. The number of nitrogens with zero attached hydrogens (tertiary/aromatic N) is 1. The fraction of sp³-hybridized carbons (Fsp3) is 0.300. The Kier molecular flexibility index (Phi) is 6.44. The molecule has 29 heavy (non-hydrogen) atoms. The average molecular weight is 437 g/mol. The number of anilines is 1. The first-order valence-electron chi connectivity index (χ1n) is 9.07. The Morgan fingerprint density at radius 2 is 1.79 bits per heavy atom. The molecule has 1 heterocycles. The van der Waals surface area contributed by atoms with Crippen LogP contribution in [0.4, 0.5) is 5.69 Å². The summed E-state index contributed by atoms with van der Waals surface area (Å²) in [5.74, 6) is -0.0595. The fourth-order valence-electron chi connectivity index (χ4n) is 3.05. The van der Waals surface area contributed by atoms with Gasteiger partial charge in [0.05, 0.1) is 30.1 Å². The van der Waals surface area contributed by atoms with Gasteiger partial charge in [0.15, 0.2) is 5.78 Å². The van der Waals surface area contributed by atoms with Crippen LogP contribution in [-0.2, 0) is 10.0 Å². The number of halogens is 1. The predicted molar refractivity (Wildman–Crippen MR) is 111 cm³/mol. The molecule has 0 aromatic heterocycles. The first-order chi connectivity index (χ1) is 13.8. The zero-order chi connectivity index (χ0) is 21.0. The number of carbonyl (C=O) groups excluding carboxylic acids is 2. The van der Waals surface area contributed by atoms with Gasteiger partial charge in [0, 0.05) is 17.7 Å². The van der Waals surface area contributed by atoms with E-state index in [1.54, 1.807) is 24.3 Å². The van der Waals surface area contributed by atoms with Crippen LogP contribution in [0.25, 0.3) is 0 Å². The molecule has 154 valence electrons. The molecule has 0 unspecified atom stereocenters. The topological polar surface area (TPSA) is 92.8 Å². The summed E-state index contributed by atoms with van der Waals surface area (Å²) in [7, 11) is -1.92. The molecule has 7 nitrogen and oxygen atoms in total. The van der Waals surface area contributed by atoms with Crippen molar-refractivity contribution in [3.05, 3.63) is 58.6 Å². The molecule has 1 aliphatic rings. The summed E-state index contributed by atoms with van der Waals surface area (Å²) >= 11 is 6.19. The minimum absolute atomic E-state index is 0.0517. The summed E-state index contributed by atoms with van der Waals surface area (Å²) in [6.07, 6.45) is 1.33. The first-order valence-corrected chi connectivity index (χ1v) is 11.1. The van der Waals surface area contributed by atoms with Crippen LogP contribution in [0.15, 0.2) is 42.5 Å². The van der Waals surface area contributed by atoms with E-state index in [-0.39, 0.29) is 34.4 Å². The van der Waals surface area contributed by atoms with Crippen molar-refractivity contribution in [1.82, 2.24) is 5.32 Å². The van der Waals surface area contributed by atoms with Gasteiger partial charge in [0.1, 0.15) is 5.75 Å². The van der Waals surface area contributed by atoms with E-state index in [0.29, 0.717) is 24.3 Å². The summed E-state index contributed by atoms with van der Waals surface area (Å²) in [4.78, 5) is 24.8. The van der Waals surface area contributed by atoms with Gasteiger partial charge in [-0.25, -0.2) is 8.42 Å². The van der Waals surface area contributed by atoms with Crippen LogP contribution in [0.3, 0.4) is 0 Å². The van der Waals surface area contributed by atoms with Crippen molar-refractivity contribution in [1.29, 1.82) is 0 Å². The molecule has 2 aromatic carbocycles. The number of amides is 1. The first kappa shape index (κ1) is 21.1. The highest BCUT2D eigenvalue weighted by molar-refractivity contribution is 7.92. The Morgan fingerprint density at radius 1 is 1.10 bits per heavy atom. The number of hydrogen-bond donors (Lipinski definition) is 1. The van der Waals surface area contributed by atoms with Crippen LogP contribution >= 0.6 is 11.6 Å². The van der Waals surface area contributed by atoms with Gasteiger partial charge >= 0.3 is 0 Å². The third-order valence-electron chi connectivity index (χ3n) is 4.65. The number of methoxy groups -OCH3 is 1. The number of hydrogen-bond acceptors (Lipinski definition) is 5. The molecular weight excluding hydrogens is 416 g/mol. The molecule has 1 amide bonds. The highest BCUT2D eigenvalue weighted by atomic mass is 35.5. The molecule has 1 saturated heterocycles. The average Bonchev–Trinajstić information content (AvgIpc) is 2.72. The van der Waals surface area contributed by atoms with Crippen LogP contribution in [-0.4, -0.2) is 46.1 Å². The van der Waals surface area contributed by atoms with E-state index in [0.717, 1.165) is 6.42 Å². The SMILES string of the molecule is COc1ccc(C(=O)CNC(=O)c2ccc(Cl)c(N3CCCCS3(=O)=O)c2)cc1. The molecule has 1 fully saturated rings. The Bertz CT molecular complexity index is 1020. The van der Waals surface area contributed by atoms with E-state index in [1.807, 2.05) is 0 Å². The van der Waals surface area contributed by atoms with E-state index in [1.165, 1.54) is 29.6 Å². The molecule has 0 spiro atoms. The van der Waals surface area contributed by atoms with Gasteiger partial charge in [-0.05, 0) is 55.3 Å². The van der Waals surface area contributed by atoms with Crippen LogP contribution in [0.2, 0.25) is 5.02 Å². The molecule has 0 atom stereocenters. The van der Waals surface area contributed by atoms with Gasteiger partial charge in [0.25, 0.3) is 5.91 Å². The second-order valence-electron chi connectivity index (χ2n) is 6.60. The predicted octanol–water partition coefficient (Wildman–Crippen LogP) is 2.89. The lowest BCUT2D eigenvalue weighted by atomic mass is 10.1. The highest BCUT2D eigenvalue weighted by Gasteiger charge is 2.28. The van der Waals surface area contributed by atoms with Crippen molar-refractivity contribution in [3.8, 4) is 5.75 Å².